The van der Waals surface area contributed by atoms with E-state index >= 15 is 0 Å². The van der Waals surface area contributed by atoms with Crippen LogP contribution in [0.15, 0.2) is 30.3 Å². The molecule has 1 aromatic rings. The molecule has 1 aromatic carbocycles. The summed E-state index contributed by atoms with van der Waals surface area (Å²) in [6.45, 7) is 5.97. The molecule has 0 spiro atoms. The van der Waals surface area contributed by atoms with Gasteiger partial charge in [0.05, 0.1) is 19.6 Å². The van der Waals surface area contributed by atoms with Gasteiger partial charge in [0.25, 0.3) is 0 Å². The number of likely N-dealkylation sites (tertiary alicyclic amines) is 1. The molecule has 2 N–H and O–H groups in total. The van der Waals surface area contributed by atoms with E-state index in [4.69, 9.17) is 0 Å². The SMILES string of the molecule is C[C@@H]1C[NH+](C)[C@@H](C)C[C@H]1Nc1ccccc1. The summed E-state index contributed by atoms with van der Waals surface area (Å²) >= 11 is 0. The highest BCUT2D eigenvalue weighted by molar-refractivity contribution is 5.43. The highest BCUT2D eigenvalue weighted by Crippen LogP contribution is 2.17. The first kappa shape index (κ1) is 11.5. The fourth-order valence-corrected chi connectivity index (χ4v) is 2.62. The predicted octanol–water partition coefficient (Wildman–Crippen LogP) is 1.41. The first-order chi connectivity index (χ1) is 7.66. The van der Waals surface area contributed by atoms with Crippen molar-refractivity contribution >= 4 is 5.69 Å². The molecule has 16 heavy (non-hydrogen) atoms. The number of benzene rings is 1. The lowest BCUT2D eigenvalue weighted by Crippen LogP contribution is -3.14. The van der Waals surface area contributed by atoms with E-state index in [0.717, 1.165) is 12.0 Å². The van der Waals surface area contributed by atoms with Gasteiger partial charge in [-0.2, -0.15) is 0 Å². The summed E-state index contributed by atoms with van der Waals surface area (Å²) < 4.78 is 0. The minimum absolute atomic E-state index is 0.626. The summed E-state index contributed by atoms with van der Waals surface area (Å²) in [6.07, 6.45) is 1.27. The van der Waals surface area contributed by atoms with Crippen LogP contribution in [-0.2, 0) is 0 Å². The maximum Gasteiger partial charge on any atom is 0.0864 e. The van der Waals surface area contributed by atoms with E-state index < -0.39 is 0 Å². The van der Waals surface area contributed by atoms with Crippen LogP contribution in [0.4, 0.5) is 5.69 Å². The van der Waals surface area contributed by atoms with Crippen LogP contribution in [0.5, 0.6) is 0 Å². The first-order valence-corrected chi connectivity index (χ1v) is 6.30. The smallest absolute Gasteiger partial charge is 0.0864 e. The number of hydrogen-bond donors (Lipinski definition) is 2. The summed E-state index contributed by atoms with van der Waals surface area (Å²) in [5.41, 5.74) is 1.26. The zero-order valence-corrected chi connectivity index (χ0v) is 10.5. The van der Waals surface area contributed by atoms with Crippen LogP contribution in [0.1, 0.15) is 20.3 Å². The molecule has 1 saturated heterocycles. The molecule has 1 aliphatic rings. The van der Waals surface area contributed by atoms with Gasteiger partial charge in [0.15, 0.2) is 0 Å². The lowest BCUT2D eigenvalue weighted by atomic mass is 9.89. The molecule has 0 aromatic heterocycles. The van der Waals surface area contributed by atoms with Gasteiger partial charge < -0.3 is 10.2 Å². The molecule has 0 radical (unpaired) electrons. The third kappa shape index (κ3) is 2.56. The quantitative estimate of drug-likeness (QED) is 0.769. The third-order valence-electron chi connectivity index (χ3n) is 3.91. The molecule has 0 amide bonds. The highest BCUT2D eigenvalue weighted by atomic mass is 15.2. The second kappa shape index (κ2) is 4.88. The normalized spacial score (nSPS) is 34.7. The van der Waals surface area contributed by atoms with E-state index in [2.05, 4.69) is 56.5 Å². The molecule has 0 saturated carbocycles. The number of para-hydroxylation sites is 1. The molecular weight excluding hydrogens is 196 g/mol. The highest BCUT2D eigenvalue weighted by Gasteiger charge is 2.31. The number of quaternary nitrogens is 1. The predicted molar refractivity (Wildman–Crippen MR) is 68.8 cm³/mol. The topological polar surface area (TPSA) is 16.5 Å². The standard InChI is InChI=1S/C14H22N2/c1-11-10-16(3)12(2)9-14(11)15-13-7-5-4-6-8-13/h4-8,11-12,14-15H,9-10H2,1-3H3/p+1/t11-,12+,14-/m1/s1. The van der Waals surface area contributed by atoms with Crippen molar-refractivity contribution in [2.45, 2.75) is 32.4 Å². The Morgan fingerprint density at radius 1 is 1.19 bits per heavy atom. The molecule has 1 unspecified atom stereocenters. The fraction of sp³-hybridized carbons (Fsp3) is 0.571. The van der Waals surface area contributed by atoms with Crippen molar-refractivity contribution in [3.05, 3.63) is 30.3 Å². The van der Waals surface area contributed by atoms with Crippen molar-refractivity contribution in [1.29, 1.82) is 0 Å². The lowest BCUT2D eigenvalue weighted by molar-refractivity contribution is -0.913. The number of anilines is 1. The van der Waals surface area contributed by atoms with E-state index in [1.54, 1.807) is 4.90 Å². The van der Waals surface area contributed by atoms with Crippen LogP contribution in [0.2, 0.25) is 0 Å². The van der Waals surface area contributed by atoms with Gasteiger partial charge in [-0.3, -0.25) is 0 Å². The number of nitrogens with one attached hydrogen (secondary N) is 2. The second-order valence-electron chi connectivity index (χ2n) is 5.28. The maximum absolute atomic E-state index is 3.67. The summed E-state index contributed by atoms with van der Waals surface area (Å²) in [7, 11) is 2.31. The number of rotatable bonds is 2. The van der Waals surface area contributed by atoms with Crippen molar-refractivity contribution < 1.29 is 4.90 Å². The first-order valence-electron chi connectivity index (χ1n) is 6.30. The molecule has 1 aliphatic heterocycles. The van der Waals surface area contributed by atoms with E-state index in [0.29, 0.717) is 6.04 Å². The third-order valence-corrected chi connectivity index (χ3v) is 3.91. The Labute approximate surface area is 98.7 Å². The Morgan fingerprint density at radius 3 is 2.56 bits per heavy atom. The average molecular weight is 219 g/mol. The fourth-order valence-electron chi connectivity index (χ4n) is 2.62. The van der Waals surface area contributed by atoms with Crippen LogP contribution in [0.3, 0.4) is 0 Å². The van der Waals surface area contributed by atoms with E-state index in [9.17, 15) is 0 Å². The van der Waals surface area contributed by atoms with Gasteiger partial charge >= 0.3 is 0 Å². The molecule has 1 heterocycles. The van der Waals surface area contributed by atoms with Crippen LogP contribution in [0, 0.1) is 5.92 Å². The molecule has 2 heteroatoms. The lowest BCUT2D eigenvalue weighted by Gasteiger charge is -2.37. The zero-order valence-electron chi connectivity index (χ0n) is 10.5. The minimum atomic E-state index is 0.626. The van der Waals surface area contributed by atoms with E-state index in [-0.39, 0.29) is 0 Å². The summed E-state index contributed by atoms with van der Waals surface area (Å²) in [5.74, 6) is 0.747. The molecule has 2 rings (SSSR count). The molecule has 1 fully saturated rings. The van der Waals surface area contributed by atoms with Crippen molar-refractivity contribution in [3.8, 4) is 0 Å². The van der Waals surface area contributed by atoms with Gasteiger partial charge in [0.1, 0.15) is 0 Å². The van der Waals surface area contributed by atoms with E-state index in [1.807, 2.05) is 0 Å². The Balaban J connectivity index is 2.00. The van der Waals surface area contributed by atoms with Crippen molar-refractivity contribution in [2.24, 2.45) is 5.92 Å². The van der Waals surface area contributed by atoms with Gasteiger partial charge in [0, 0.05) is 24.1 Å². The van der Waals surface area contributed by atoms with Crippen LogP contribution < -0.4 is 10.2 Å². The van der Waals surface area contributed by atoms with Crippen LogP contribution in [-0.4, -0.2) is 25.7 Å². The Hall–Kier alpha value is -1.02. The largest absolute Gasteiger partial charge is 0.382 e. The molecule has 88 valence electrons. The number of hydrogen-bond acceptors (Lipinski definition) is 1. The zero-order chi connectivity index (χ0) is 11.5. The van der Waals surface area contributed by atoms with Crippen LogP contribution in [0.25, 0.3) is 0 Å². The Kier molecular flexibility index (Phi) is 3.49. The Morgan fingerprint density at radius 2 is 1.88 bits per heavy atom. The average Bonchev–Trinajstić information content (AvgIpc) is 2.27. The molecule has 4 atom stereocenters. The molecular formula is C14H23N2+. The molecule has 2 nitrogen and oxygen atoms in total. The van der Waals surface area contributed by atoms with Crippen molar-refractivity contribution in [1.82, 2.24) is 0 Å². The Bertz CT molecular complexity index is 323. The van der Waals surface area contributed by atoms with Gasteiger partial charge in [0.2, 0.25) is 0 Å². The summed E-state index contributed by atoms with van der Waals surface area (Å²) in [4.78, 5) is 1.67. The minimum Gasteiger partial charge on any atom is -0.382 e. The summed E-state index contributed by atoms with van der Waals surface area (Å²) in [5, 5.41) is 3.67. The van der Waals surface area contributed by atoms with Gasteiger partial charge in [-0.15, -0.1) is 0 Å². The maximum atomic E-state index is 3.67. The summed E-state index contributed by atoms with van der Waals surface area (Å²) in [6, 6.07) is 12.0. The second-order valence-corrected chi connectivity index (χ2v) is 5.28. The van der Waals surface area contributed by atoms with E-state index in [1.165, 1.54) is 18.7 Å². The number of piperidine rings is 1. The monoisotopic (exact) mass is 219 g/mol. The molecule has 0 bridgehead atoms. The van der Waals surface area contributed by atoms with Gasteiger partial charge in [-0.05, 0) is 19.1 Å². The van der Waals surface area contributed by atoms with Crippen molar-refractivity contribution in [3.63, 3.8) is 0 Å². The molecule has 0 aliphatic carbocycles. The van der Waals surface area contributed by atoms with Gasteiger partial charge in [-0.25, -0.2) is 0 Å². The van der Waals surface area contributed by atoms with Crippen LogP contribution >= 0.6 is 0 Å². The van der Waals surface area contributed by atoms with Crippen molar-refractivity contribution in [2.75, 3.05) is 18.9 Å². The van der Waals surface area contributed by atoms with Gasteiger partial charge in [-0.1, -0.05) is 25.1 Å².